The number of rotatable bonds is 6. The zero-order valence-corrected chi connectivity index (χ0v) is 16.9. The zero-order chi connectivity index (χ0) is 20.2. The number of amides is 1. The van der Waals surface area contributed by atoms with Crippen molar-refractivity contribution in [1.82, 2.24) is 10.2 Å². The fraction of sp³-hybridized carbons (Fsp3) is 0.286. The molecule has 4 rings (SSSR count). The van der Waals surface area contributed by atoms with Crippen LogP contribution in [-0.4, -0.2) is 28.5 Å². The number of hydrogen-bond donors (Lipinski definition) is 1. The highest BCUT2D eigenvalue weighted by atomic mass is 32.2. The van der Waals surface area contributed by atoms with E-state index in [0.29, 0.717) is 28.5 Å². The summed E-state index contributed by atoms with van der Waals surface area (Å²) >= 11 is 1.18. The molecule has 0 saturated heterocycles. The van der Waals surface area contributed by atoms with Gasteiger partial charge in [-0.2, -0.15) is 0 Å². The molecule has 29 heavy (non-hydrogen) atoms. The molecule has 0 aliphatic carbocycles. The smallest absolute Gasteiger partial charge is 0.277 e. The molecule has 2 aromatic carbocycles. The van der Waals surface area contributed by atoms with E-state index in [-0.39, 0.29) is 18.3 Å². The van der Waals surface area contributed by atoms with E-state index in [4.69, 9.17) is 13.9 Å². The Morgan fingerprint density at radius 1 is 1.14 bits per heavy atom. The van der Waals surface area contributed by atoms with Crippen LogP contribution in [0.4, 0.5) is 5.69 Å². The number of thioether (sulfide) groups is 1. The maximum absolute atomic E-state index is 12.3. The van der Waals surface area contributed by atoms with Gasteiger partial charge in [-0.15, -0.1) is 10.2 Å². The van der Waals surface area contributed by atoms with Crippen molar-refractivity contribution in [3.05, 3.63) is 60.0 Å². The molecule has 1 aromatic heterocycles. The van der Waals surface area contributed by atoms with Crippen molar-refractivity contribution in [3.8, 4) is 11.5 Å². The molecule has 7 nitrogen and oxygen atoms in total. The van der Waals surface area contributed by atoms with E-state index in [2.05, 4.69) is 29.4 Å². The summed E-state index contributed by atoms with van der Waals surface area (Å²) < 4.78 is 17.2. The second-order valence-corrected chi connectivity index (χ2v) is 7.78. The van der Waals surface area contributed by atoms with E-state index in [0.717, 1.165) is 11.3 Å². The highest BCUT2D eigenvalue weighted by Gasteiger charge is 2.27. The largest absolute Gasteiger partial charge is 0.485 e. The van der Waals surface area contributed by atoms with Gasteiger partial charge >= 0.3 is 0 Å². The lowest BCUT2D eigenvalue weighted by atomic mass is 10.0. The number of ether oxygens (including phenoxy) is 2. The first-order chi connectivity index (χ1) is 14.1. The number of nitrogens with one attached hydrogen (secondary N) is 1. The fourth-order valence-corrected chi connectivity index (χ4v) is 3.55. The fourth-order valence-electron chi connectivity index (χ4n) is 2.98. The van der Waals surface area contributed by atoms with Gasteiger partial charge in [-0.1, -0.05) is 55.9 Å². The third-order valence-electron chi connectivity index (χ3n) is 4.39. The van der Waals surface area contributed by atoms with Crippen LogP contribution < -0.4 is 14.8 Å². The average Bonchev–Trinajstić information content (AvgIpc) is 3.21. The van der Waals surface area contributed by atoms with Gasteiger partial charge in [-0.3, -0.25) is 4.79 Å². The summed E-state index contributed by atoms with van der Waals surface area (Å²) in [4.78, 5) is 12.3. The average molecular weight is 411 g/mol. The van der Waals surface area contributed by atoms with E-state index in [1.807, 2.05) is 48.5 Å². The minimum absolute atomic E-state index is 0.131. The van der Waals surface area contributed by atoms with Crippen molar-refractivity contribution in [2.45, 2.75) is 31.1 Å². The minimum Gasteiger partial charge on any atom is -0.485 e. The molecule has 1 atom stereocenters. The van der Waals surface area contributed by atoms with Gasteiger partial charge in [0.2, 0.25) is 12.0 Å². The van der Waals surface area contributed by atoms with Crippen molar-refractivity contribution in [3.63, 3.8) is 0 Å². The van der Waals surface area contributed by atoms with Crippen molar-refractivity contribution in [1.29, 1.82) is 0 Å². The molecule has 2 heterocycles. The molecular weight excluding hydrogens is 390 g/mol. The number of carbonyl (C=O) groups excluding carboxylic acids is 1. The molecule has 8 heteroatoms. The second-order valence-electron chi connectivity index (χ2n) is 6.85. The van der Waals surface area contributed by atoms with Crippen LogP contribution in [0.25, 0.3) is 0 Å². The van der Waals surface area contributed by atoms with Crippen LogP contribution in [0.3, 0.4) is 0 Å². The highest BCUT2D eigenvalue weighted by molar-refractivity contribution is 7.99. The van der Waals surface area contributed by atoms with Gasteiger partial charge in [0.05, 0.1) is 5.75 Å². The summed E-state index contributed by atoms with van der Waals surface area (Å²) in [7, 11) is 0. The maximum Gasteiger partial charge on any atom is 0.277 e. The summed E-state index contributed by atoms with van der Waals surface area (Å²) in [6, 6.07) is 15.2. The maximum atomic E-state index is 12.3. The standard InChI is InChI=1S/C21H21N3O4S/c1-13(2)14-7-3-4-8-15(14)22-19(25)12-29-21-24-23-20(28-21)18-11-26-16-9-5-6-10-17(16)27-18/h3-10,13,18H,11-12H2,1-2H3,(H,22,25)/t18-/m0/s1. The number of fused-ring (bicyclic) bond motifs is 1. The van der Waals surface area contributed by atoms with E-state index in [1.165, 1.54) is 11.8 Å². The number of para-hydroxylation sites is 3. The number of nitrogens with zero attached hydrogens (tertiary/aromatic N) is 2. The van der Waals surface area contributed by atoms with E-state index in [9.17, 15) is 4.79 Å². The molecule has 0 spiro atoms. The van der Waals surface area contributed by atoms with Crippen LogP contribution in [0.15, 0.2) is 58.2 Å². The normalized spacial score (nSPS) is 15.3. The summed E-state index contributed by atoms with van der Waals surface area (Å²) in [5, 5.41) is 11.3. The van der Waals surface area contributed by atoms with Crippen LogP contribution in [0.2, 0.25) is 0 Å². The molecule has 0 unspecified atom stereocenters. The Labute approximate surface area is 172 Å². The van der Waals surface area contributed by atoms with E-state index < -0.39 is 6.10 Å². The molecule has 0 radical (unpaired) electrons. The molecule has 0 fully saturated rings. The van der Waals surface area contributed by atoms with Crippen LogP contribution in [0.5, 0.6) is 11.5 Å². The van der Waals surface area contributed by atoms with Crippen LogP contribution in [0.1, 0.15) is 37.3 Å². The molecule has 0 saturated carbocycles. The quantitative estimate of drug-likeness (QED) is 0.600. The molecule has 1 aliphatic heterocycles. The molecular formula is C21H21N3O4S. The van der Waals surface area contributed by atoms with Gasteiger partial charge < -0.3 is 19.2 Å². The van der Waals surface area contributed by atoms with Crippen molar-refractivity contribution < 1.29 is 18.7 Å². The second kappa shape index (κ2) is 8.57. The minimum atomic E-state index is -0.474. The van der Waals surface area contributed by atoms with Gasteiger partial charge in [-0.25, -0.2) is 0 Å². The molecule has 150 valence electrons. The van der Waals surface area contributed by atoms with E-state index >= 15 is 0 Å². The van der Waals surface area contributed by atoms with Crippen molar-refractivity contribution >= 4 is 23.4 Å². The Morgan fingerprint density at radius 2 is 1.90 bits per heavy atom. The van der Waals surface area contributed by atoms with Gasteiger partial charge in [0, 0.05) is 5.69 Å². The van der Waals surface area contributed by atoms with Crippen LogP contribution in [0, 0.1) is 0 Å². The molecule has 3 aromatic rings. The highest BCUT2D eigenvalue weighted by Crippen LogP contribution is 2.36. The summed E-state index contributed by atoms with van der Waals surface area (Å²) in [5.41, 5.74) is 1.92. The number of aromatic nitrogens is 2. The topological polar surface area (TPSA) is 86.5 Å². The first kappa shape index (κ1) is 19.3. The number of hydrogen-bond acceptors (Lipinski definition) is 7. The Bertz CT molecular complexity index is 1000. The van der Waals surface area contributed by atoms with Crippen LogP contribution in [-0.2, 0) is 4.79 Å². The monoisotopic (exact) mass is 411 g/mol. The Kier molecular flexibility index (Phi) is 5.71. The van der Waals surface area contributed by atoms with Gasteiger partial charge in [-0.05, 0) is 29.7 Å². The Hall–Kier alpha value is -3.00. The SMILES string of the molecule is CC(C)c1ccccc1NC(=O)CSc1nnc([C@@H]2COc3ccccc3O2)o1. The number of benzene rings is 2. The van der Waals surface area contributed by atoms with Crippen molar-refractivity contribution in [2.75, 3.05) is 17.7 Å². The van der Waals surface area contributed by atoms with Gasteiger partial charge in [0.15, 0.2) is 11.5 Å². The third-order valence-corrected chi connectivity index (χ3v) is 5.21. The Balaban J connectivity index is 1.34. The lowest BCUT2D eigenvalue weighted by molar-refractivity contribution is -0.113. The summed E-state index contributed by atoms with van der Waals surface area (Å²) in [6.45, 7) is 4.47. The Morgan fingerprint density at radius 3 is 2.72 bits per heavy atom. The van der Waals surface area contributed by atoms with Crippen molar-refractivity contribution in [2.24, 2.45) is 0 Å². The summed E-state index contributed by atoms with van der Waals surface area (Å²) in [6.07, 6.45) is -0.474. The molecule has 1 N–H and O–H groups in total. The lowest BCUT2D eigenvalue weighted by Crippen LogP contribution is -2.21. The van der Waals surface area contributed by atoms with Gasteiger partial charge in [0.25, 0.3) is 11.1 Å². The first-order valence-electron chi connectivity index (χ1n) is 9.33. The third kappa shape index (κ3) is 4.54. The van der Waals surface area contributed by atoms with Crippen LogP contribution >= 0.6 is 11.8 Å². The van der Waals surface area contributed by atoms with Gasteiger partial charge in [0.1, 0.15) is 6.61 Å². The predicted molar refractivity (Wildman–Crippen MR) is 109 cm³/mol. The predicted octanol–water partition coefficient (Wildman–Crippen LogP) is 4.44. The molecule has 1 aliphatic rings. The number of carbonyl (C=O) groups is 1. The number of anilines is 1. The zero-order valence-electron chi connectivity index (χ0n) is 16.1. The molecule has 0 bridgehead atoms. The molecule has 1 amide bonds. The lowest BCUT2D eigenvalue weighted by Gasteiger charge is -2.23. The van der Waals surface area contributed by atoms with E-state index in [1.54, 1.807) is 0 Å². The first-order valence-corrected chi connectivity index (χ1v) is 10.3. The summed E-state index contributed by atoms with van der Waals surface area (Å²) in [5.74, 6) is 2.01.